The molecule has 0 amide bonds. The normalized spacial score (nSPS) is 34.6. The number of nitrogens with two attached hydrogens (primary N) is 1. The molecule has 6 heteroatoms. The van der Waals surface area contributed by atoms with Crippen molar-refractivity contribution < 1.29 is 13.2 Å². The highest BCUT2D eigenvalue weighted by Crippen LogP contribution is 2.29. The lowest BCUT2D eigenvalue weighted by atomic mass is 9.82. The summed E-state index contributed by atoms with van der Waals surface area (Å²) >= 11 is 0. The molecule has 100 valence electrons. The fraction of sp³-hybridized carbons (Fsp3) is 1.00. The molecule has 17 heavy (non-hydrogen) atoms. The van der Waals surface area contributed by atoms with E-state index >= 15 is 0 Å². The molecule has 0 saturated carbocycles. The van der Waals surface area contributed by atoms with Crippen LogP contribution in [0.2, 0.25) is 0 Å². The molecule has 2 saturated heterocycles. The Morgan fingerprint density at radius 3 is 2.53 bits per heavy atom. The Morgan fingerprint density at radius 1 is 1.29 bits per heavy atom. The maximum atomic E-state index is 11.4. The quantitative estimate of drug-likeness (QED) is 0.740. The van der Waals surface area contributed by atoms with E-state index in [1.54, 1.807) is 0 Å². The molecule has 1 atom stereocenters. The van der Waals surface area contributed by atoms with Crippen molar-refractivity contribution in [3.63, 3.8) is 0 Å². The third-order valence-corrected chi connectivity index (χ3v) is 5.44. The molecule has 1 unspecified atom stereocenters. The number of hydrogen-bond donors (Lipinski definition) is 1. The van der Waals surface area contributed by atoms with Gasteiger partial charge in [0.05, 0.1) is 18.1 Å². The third kappa shape index (κ3) is 3.40. The van der Waals surface area contributed by atoms with Crippen molar-refractivity contribution in [1.82, 2.24) is 4.90 Å². The predicted octanol–water partition coefficient (Wildman–Crippen LogP) is -0.528. The van der Waals surface area contributed by atoms with Crippen molar-refractivity contribution in [3.8, 4) is 0 Å². The maximum Gasteiger partial charge on any atom is 0.152 e. The highest BCUT2D eigenvalue weighted by molar-refractivity contribution is 7.91. The van der Waals surface area contributed by atoms with Gasteiger partial charge in [-0.05, 0) is 12.8 Å². The van der Waals surface area contributed by atoms with Crippen molar-refractivity contribution in [2.45, 2.75) is 12.8 Å². The summed E-state index contributed by atoms with van der Waals surface area (Å²) in [4.78, 5) is 2.22. The van der Waals surface area contributed by atoms with Crippen LogP contribution in [0.25, 0.3) is 0 Å². The zero-order valence-electron chi connectivity index (χ0n) is 10.2. The van der Waals surface area contributed by atoms with Crippen LogP contribution < -0.4 is 5.73 Å². The largest absolute Gasteiger partial charge is 0.381 e. The topological polar surface area (TPSA) is 72.6 Å². The lowest BCUT2D eigenvalue weighted by molar-refractivity contribution is -0.0206. The van der Waals surface area contributed by atoms with Gasteiger partial charge in [0.2, 0.25) is 0 Å². The minimum absolute atomic E-state index is 0.0410. The third-order valence-electron chi connectivity index (χ3n) is 3.83. The van der Waals surface area contributed by atoms with Gasteiger partial charge in [0, 0.05) is 38.2 Å². The summed E-state index contributed by atoms with van der Waals surface area (Å²) in [5, 5.41) is 0. The Kier molecular flexibility index (Phi) is 4.07. The van der Waals surface area contributed by atoms with Gasteiger partial charge in [0.15, 0.2) is 9.84 Å². The second kappa shape index (κ2) is 5.22. The van der Waals surface area contributed by atoms with Crippen molar-refractivity contribution in [2.75, 3.05) is 50.9 Å². The summed E-state index contributed by atoms with van der Waals surface area (Å²) in [5.74, 6) is 0.572. The minimum Gasteiger partial charge on any atom is -0.381 e. The molecule has 2 fully saturated rings. The SMILES string of the molecule is NCC1(CN2CCS(=O)(=O)CC2)CCCOC1. The zero-order chi connectivity index (χ0) is 12.4. The van der Waals surface area contributed by atoms with Gasteiger partial charge in [-0.25, -0.2) is 8.42 Å². The molecule has 2 heterocycles. The molecular formula is C11H22N2O3S. The second-order valence-corrected chi connectivity index (χ2v) is 7.59. The predicted molar refractivity (Wildman–Crippen MR) is 66.6 cm³/mol. The number of sulfone groups is 1. The molecule has 0 aromatic carbocycles. The summed E-state index contributed by atoms with van der Waals surface area (Å²) < 4.78 is 28.3. The molecule has 2 N–H and O–H groups in total. The average Bonchev–Trinajstić information content (AvgIpc) is 2.33. The molecule has 0 spiro atoms. The molecule has 0 aromatic rings. The molecule has 0 bridgehead atoms. The van der Waals surface area contributed by atoms with Crippen LogP contribution in [0.3, 0.4) is 0 Å². The lowest BCUT2D eigenvalue weighted by Gasteiger charge is -2.41. The standard InChI is InChI=1S/C11H22N2O3S/c12-8-11(2-1-5-16-10-11)9-13-3-6-17(14,15)7-4-13/h1-10,12H2. The van der Waals surface area contributed by atoms with Gasteiger partial charge < -0.3 is 15.4 Å². The smallest absolute Gasteiger partial charge is 0.152 e. The fourth-order valence-corrected chi connectivity index (χ4v) is 3.92. The van der Waals surface area contributed by atoms with Crippen LogP contribution in [0, 0.1) is 5.41 Å². The number of hydrogen-bond acceptors (Lipinski definition) is 5. The van der Waals surface area contributed by atoms with Crippen LogP contribution in [0.15, 0.2) is 0 Å². The first-order chi connectivity index (χ1) is 8.05. The van der Waals surface area contributed by atoms with E-state index in [-0.39, 0.29) is 16.9 Å². The van der Waals surface area contributed by atoms with E-state index in [2.05, 4.69) is 4.90 Å². The minimum atomic E-state index is -2.79. The van der Waals surface area contributed by atoms with E-state index in [4.69, 9.17) is 10.5 Å². The summed E-state index contributed by atoms with van der Waals surface area (Å²) in [6.45, 7) is 4.33. The van der Waals surface area contributed by atoms with Crippen molar-refractivity contribution in [1.29, 1.82) is 0 Å². The van der Waals surface area contributed by atoms with E-state index in [0.717, 1.165) is 26.0 Å². The van der Waals surface area contributed by atoms with Gasteiger partial charge in [-0.3, -0.25) is 0 Å². The summed E-state index contributed by atoms with van der Waals surface area (Å²) in [6, 6.07) is 0. The second-order valence-electron chi connectivity index (χ2n) is 5.29. The van der Waals surface area contributed by atoms with Crippen molar-refractivity contribution in [2.24, 2.45) is 11.1 Å². The highest BCUT2D eigenvalue weighted by Gasteiger charge is 2.35. The average molecular weight is 262 g/mol. The summed E-state index contributed by atoms with van der Waals surface area (Å²) in [6.07, 6.45) is 2.15. The Labute approximate surface area is 103 Å². The fourth-order valence-electron chi connectivity index (χ4n) is 2.64. The highest BCUT2D eigenvalue weighted by atomic mass is 32.2. The molecule has 2 aliphatic heterocycles. The molecule has 0 radical (unpaired) electrons. The molecular weight excluding hydrogens is 240 g/mol. The zero-order valence-corrected chi connectivity index (χ0v) is 11.0. The van der Waals surface area contributed by atoms with Gasteiger partial charge in [-0.2, -0.15) is 0 Å². The molecule has 0 aliphatic carbocycles. The van der Waals surface area contributed by atoms with Crippen LogP contribution in [-0.4, -0.2) is 64.2 Å². The van der Waals surface area contributed by atoms with E-state index in [1.807, 2.05) is 0 Å². The van der Waals surface area contributed by atoms with Gasteiger partial charge in [0.25, 0.3) is 0 Å². The molecule has 2 aliphatic rings. The monoisotopic (exact) mass is 262 g/mol. The van der Waals surface area contributed by atoms with Crippen LogP contribution in [-0.2, 0) is 14.6 Å². The number of nitrogens with zero attached hydrogens (tertiary/aromatic N) is 1. The Balaban J connectivity index is 1.91. The first-order valence-corrected chi connectivity index (χ1v) is 8.08. The number of rotatable bonds is 3. The summed E-state index contributed by atoms with van der Waals surface area (Å²) in [7, 11) is -2.79. The van der Waals surface area contributed by atoms with Gasteiger partial charge in [0.1, 0.15) is 0 Å². The first-order valence-electron chi connectivity index (χ1n) is 6.26. The van der Waals surface area contributed by atoms with Crippen LogP contribution in [0.5, 0.6) is 0 Å². The Hall–Kier alpha value is -0.170. The van der Waals surface area contributed by atoms with E-state index in [1.165, 1.54) is 0 Å². The maximum absolute atomic E-state index is 11.4. The van der Waals surface area contributed by atoms with Crippen LogP contribution >= 0.6 is 0 Å². The molecule has 0 aromatic heterocycles. The van der Waals surface area contributed by atoms with Crippen LogP contribution in [0.1, 0.15) is 12.8 Å². The molecule has 2 rings (SSSR count). The van der Waals surface area contributed by atoms with Gasteiger partial charge in [-0.15, -0.1) is 0 Å². The lowest BCUT2D eigenvalue weighted by Crippen LogP contribution is -2.51. The molecule has 5 nitrogen and oxygen atoms in total. The van der Waals surface area contributed by atoms with E-state index in [0.29, 0.717) is 26.2 Å². The first kappa shape index (κ1) is 13.3. The van der Waals surface area contributed by atoms with E-state index in [9.17, 15) is 8.42 Å². The van der Waals surface area contributed by atoms with Crippen molar-refractivity contribution >= 4 is 9.84 Å². The van der Waals surface area contributed by atoms with E-state index < -0.39 is 9.84 Å². The Bertz CT molecular complexity index is 336. The summed E-state index contributed by atoms with van der Waals surface area (Å²) in [5.41, 5.74) is 5.92. The Morgan fingerprint density at radius 2 is 2.00 bits per heavy atom. The number of ether oxygens (including phenoxy) is 1. The van der Waals surface area contributed by atoms with Gasteiger partial charge >= 0.3 is 0 Å². The van der Waals surface area contributed by atoms with Gasteiger partial charge in [-0.1, -0.05) is 0 Å². The van der Waals surface area contributed by atoms with Crippen LogP contribution in [0.4, 0.5) is 0 Å². The van der Waals surface area contributed by atoms with Crippen molar-refractivity contribution in [3.05, 3.63) is 0 Å².